The van der Waals surface area contributed by atoms with Crippen molar-refractivity contribution in [2.24, 2.45) is 11.0 Å². The van der Waals surface area contributed by atoms with Crippen LogP contribution in [0.25, 0.3) is 0 Å². The number of hydrogen-bond donors (Lipinski definition) is 0. The van der Waals surface area contributed by atoms with Crippen LogP contribution in [-0.4, -0.2) is 17.2 Å². The molecule has 1 aliphatic heterocycles. The first kappa shape index (κ1) is 11.2. The van der Waals surface area contributed by atoms with Crippen LogP contribution in [0.2, 0.25) is 0 Å². The van der Waals surface area contributed by atoms with E-state index in [0.717, 1.165) is 25.1 Å². The van der Waals surface area contributed by atoms with Gasteiger partial charge in [0.2, 0.25) is 0 Å². The first-order chi connectivity index (χ1) is 8.74. The lowest BCUT2D eigenvalue weighted by atomic mass is 10.1. The Balaban J connectivity index is 1.81. The summed E-state index contributed by atoms with van der Waals surface area (Å²) in [6.45, 7) is 0.897. The van der Waals surface area contributed by atoms with Gasteiger partial charge in [-0.05, 0) is 43.7 Å². The maximum atomic E-state index is 10.6. The molecule has 0 N–H and O–H groups in total. The fraction of sp³-hybridized carbons (Fsp3) is 0.462. The molecule has 0 bridgehead atoms. The number of anilines is 1. The molecule has 1 aromatic carbocycles. The van der Waals surface area contributed by atoms with Crippen molar-refractivity contribution in [3.05, 3.63) is 34.4 Å². The minimum atomic E-state index is -0.376. The molecule has 1 fully saturated rings. The molecule has 94 valence electrons. The van der Waals surface area contributed by atoms with E-state index in [1.807, 2.05) is 5.01 Å². The van der Waals surface area contributed by atoms with Crippen molar-refractivity contribution in [2.45, 2.75) is 25.7 Å². The van der Waals surface area contributed by atoms with Crippen molar-refractivity contribution in [2.75, 3.05) is 11.6 Å². The summed E-state index contributed by atoms with van der Waals surface area (Å²) in [5, 5.41) is 17.2. The van der Waals surface area contributed by atoms with Crippen molar-refractivity contribution < 1.29 is 4.92 Å². The molecule has 1 aromatic rings. The second-order valence-electron chi connectivity index (χ2n) is 4.87. The van der Waals surface area contributed by atoms with Gasteiger partial charge in [0.05, 0.1) is 10.6 Å². The molecule has 1 aliphatic carbocycles. The normalized spacial score (nSPS) is 19.6. The number of non-ortho nitro benzene ring substituents is 1. The Morgan fingerprint density at radius 1 is 1.28 bits per heavy atom. The molecule has 0 atom stereocenters. The van der Waals surface area contributed by atoms with E-state index in [-0.39, 0.29) is 10.6 Å². The van der Waals surface area contributed by atoms with Crippen LogP contribution in [0.15, 0.2) is 29.4 Å². The number of hydrazone groups is 1. The van der Waals surface area contributed by atoms with E-state index in [9.17, 15) is 10.1 Å². The summed E-state index contributed by atoms with van der Waals surface area (Å²) in [7, 11) is 0. The Kier molecular flexibility index (Phi) is 2.74. The third-order valence-electron chi connectivity index (χ3n) is 3.46. The molecular formula is C13H15N3O2. The van der Waals surface area contributed by atoms with Crippen LogP contribution >= 0.6 is 0 Å². The summed E-state index contributed by atoms with van der Waals surface area (Å²) in [6, 6.07) is 6.63. The monoisotopic (exact) mass is 245 g/mol. The lowest BCUT2D eigenvalue weighted by molar-refractivity contribution is -0.384. The van der Waals surface area contributed by atoms with Crippen LogP contribution in [0, 0.1) is 16.0 Å². The van der Waals surface area contributed by atoms with Gasteiger partial charge in [-0.1, -0.05) is 0 Å². The zero-order valence-electron chi connectivity index (χ0n) is 10.1. The molecule has 5 heteroatoms. The molecule has 1 heterocycles. The summed E-state index contributed by atoms with van der Waals surface area (Å²) in [6.07, 6.45) is 4.76. The van der Waals surface area contributed by atoms with Crippen molar-refractivity contribution in [1.82, 2.24) is 0 Å². The number of rotatable bonds is 3. The molecule has 5 nitrogen and oxygen atoms in total. The van der Waals surface area contributed by atoms with E-state index in [1.54, 1.807) is 12.1 Å². The van der Waals surface area contributed by atoms with Gasteiger partial charge in [0.25, 0.3) is 5.69 Å². The SMILES string of the molecule is O=[N+]([O-])c1ccc(N2CCCC(C3CC3)=N2)cc1. The van der Waals surface area contributed by atoms with E-state index in [1.165, 1.54) is 30.7 Å². The molecule has 0 saturated heterocycles. The summed E-state index contributed by atoms with van der Waals surface area (Å²) >= 11 is 0. The smallest absolute Gasteiger partial charge is 0.266 e. The van der Waals surface area contributed by atoms with Crippen molar-refractivity contribution >= 4 is 17.1 Å². The number of hydrogen-bond acceptors (Lipinski definition) is 4. The van der Waals surface area contributed by atoms with Gasteiger partial charge in [0.15, 0.2) is 0 Å². The third kappa shape index (κ3) is 2.20. The molecule has 0 amide bonds. The zero-order valence-corrected chi connectivity index (χ0v) is 10.1. The van der Waals surface area contributed by atoms with E-state index in [0.29, 0.717) is 5.92 Å². The highest BCUT2D eigenvalue weighted by Gasteiger charge is 2.29. The summed E-state index contributed by atoms with van der Waals surface area (Å²) < 4.78 is 0. The van der Waals surface area contributed by atoms with Gasteiger partial charge in [-0.2, -0.15) is 5.10 Å². The first-order valence-electron chi connectivity index (χ1n) is 6.33. The van der Waals surface area contributed by atoms with Gasteiger partial charge in [-0.3, -0.25) is 15.1 Å². The fourth-order valence-corrected chi connectivity index (χ4v) is 2.30. The van der Waals surface area contributed by atoms with Crippen LogP contribution in [0.4, 0.5) is 11.4 Å². The Morgan fingerprint density at radius 2 is 2.00 bits per heavy atom. The number of nitro benzene ring substituents is 1. The average Bonchev–Trinajstić information content (AvgIpc) is 3.23. The van der Waals surface area contributed by atoms with Crippen molar-refractivity contribution in [1.29, 1.82) is 0 Å². The Bertz CT molecular complexity index is 491. The highest BCUT2D eigenvalue weighted by molar-refractivity contribution is 5.90. The highest BCUT2D eigenvalue weighted by atomic mass is 16.6. The summed E-state index contributed by atoms with van der Waals surface area (Å²) in [4.78, 5) is 10.2. The largest absolute Gasteiger partial charge is 0.269 e. The van der Waals surface area contributed by atoms with Crippen LogP contribution < -0.4 is 5.01 Å². The topological polar surface area (TPSA) is 58.7 Å². The van der Waals surface area contributed by atoms with Gasteiger partial charge in [0, 0.05) is 24.4 Å². The molecule has 0 aromatic heterocycles. The zero-order chi connectivity index (χ0) is 12.5. The van der Waals surface area contributed by atoms with E-state index in [4.69, 9.17) is 0 Å². The van der Waals surface area contributed by atoms with E-state index >= 15 is 0 Å². The van der Waals surface area contributed by atoms with Crippen LogP contribution in [0.3, 0.4) is 0 Å². The van der Waals surface area contributed by atoms with Gasteiger partial charge < -0.3 is 0 Å². The number of nitro groups is 1. The van der Waals surface area contributed by atoms with E-state index in [2.05, 4.69) is 5.10 Å². The average molecular weight is 245 g/mol. The maximum absolute atomic E-state index is 10.6. The Morgan fingerprint density at radius 3 is 2.61 bits per heavy atom. The first-order valence-corrected chi connectivity index (χ1v) is 6.33. The second kappa shape index (κ2) is 4.40. The van der Waals surface area contributed by atoms with Crippen LogP contribution in [0.5, 0.6) is 0 Å². The predicted molar refractivity (Wildman–Crippen MR) is 69.8 cm³/mol. The second-order valence-corrected chi connectivity index (χ2v) is 4.87. The van der Waals surface area contributed by atoms with Gasteiger partial charge in [0.1, 0.15) is 0 Å². The number of benzene rings is 1. The van der Waals surface area contributed by atoms with E-state index < -0.39 is 0 Å². The molecule has 0 radical (unpaired) electrons. The Labute approximate surface area is 105 Å². The molecule has 1 saturated carbocycles. The Hall–Kier alpha value is -1.91. The van der Waals surface area contributed by atoms with Crippen molar-refractivity contribution in [3.8, 4) is 0 Å². The minimum Gasteiger partial charge on any atom is -0.266 e. The molecular weight excluding hydrogens is 230 g/mol. The quantitative estimate of drug-likeness (QED) is 0.607. The molecule has 18 heavy (non-hydrogen) atoms. The van der Waals surface area contributed by atoms with Gasteiger partial charge >= 0.3 is 0 Å². The highest BCUT2D eigenvalue weighted by Crippen LogP contribution is 2.34. The lowest BCUT2D eigenvalue weighted by Gasteiger charge is -2.25. The van der Waals surface area contributed by atoms with Crippen LogP contribution in [-0.2, 0) is 0 Å². The fourth-order valence-electron chi connectivity index (χ4n) is 2.30. The molecule has 3 rings (SSSR count). The standard InChI is InChI=1S/C13H15N3O2/c17-16(18)12-7-5-11(6-8-12)15-9-1-2-13(14-15)10-3-4-10/h5-8,10H,1-4,9H2. The van der Waals surface area contributed by atoms with Crippen molar-refractivity contribution in [3.63, 3.8) is 0 Å². The maximum Gasteiger partial charge on any atom is 0.269 e. The van der Waals surface area contributed by atoms with Crippen LogP contribution in [0.1, 0.15) is 25.7 Å². The minimum absolute atomic E-state index is 0.127. The molecule has 0 unspecified atom stereocenters. The number of nitrogens with zero attached hydrogens (tertiary/aromatic N) is 3. The summed E-state index contributed by atoms with van der Waals surface area (Å²) in [5.41, 5.74) is 2.38. The lowest BCUT2D eigenvalue weighted by Crippen LogP contribution is -2.26. The third-order valence-corrected chi connectivity index (χ3v) is 3.46. The molecule has 0 spiro atoms. The molecule has 2 aliphatic rings. The van der Waals surface area contributed by atoms with Gasteiger partial charge in [-0.15, -0.1) is 0 Å². The summed E-state index contributed by atoms with van der Waals surface area (Å²) in [5.74, 6) is 0.700. The predicted octanol–water partition coefficient (Wildman–Crippen LogP) is 2.96. The van der Waals surface area contributed by atoms with Gasteiger partial charge in [-0.25, -0.2) is 0 Å².